The zero-order valence-corrected chi connectivity index (χ0v) is 19.2. The molecule has 1 atom stereocenters. The maximum atomic E-state index is 13.5. The van der Waals surface area contributed by atoms with Crippen molar-refractivity contribution in [1.82, 2.24) is 9.91 Å². The van der Waals surface area contributed by atoms with Crippen LogP contribution in [0.3, 0.4) is 0 Å². The van der Waals surface area contributed by atoms with Crippen molar-refractivity contribution >= 4 is 17.5 Å². The summed E-state index contributed by atoms with van der Waals surface area (Å²) in [6.07, 6.45) is 3.32. The van der Waals surface area contributed by atoms with E-state index in [-0.39, 0.29) is 36.1 Å². The van der Waals surface area contributed by atoms with Crippen LogP contribution in [0.4, 0.5) is 4.39 Å². The van der Waals surface area contributed by atoms with Crippen molar-refractivity contribution in [3.8, 4) is 0 Å². The van der Waals surface area contributed by atoms with Gasteiger partial charge in [-0.05, 0) is 43.0 Å². The van der Waals surface area contributed by atoms with Gasteiger partial charge in [-0.2, -0.15) is 5.10 Å². The minimum atomic E-state index is -0.316. The van der Waals surface area contributed by atoms with Crippen LogP contribution in [0, 0.1) is 18.7 Å². The molecule has 0 radical (unpaired) electrons. The van der Waals surface area contributed by atoms with E-state index in [1.165, 1.54) is 17.1 Å². The van der Waals surface area contributed by atoms with Crippen molar-refractivity contribution in [2.45, 2.75) is 38.6 Å². The van der Waals surface area contributed by atoms with Gasteiger partial charge in [0.2, 0.25) is 5.91 Å². The first-order valence-electron chi connectivity index (χ1n) is 11.5. The van der Waals surface area contributed by atoms with E-state index >= 15 is 0 Å². The highest BCUT2D eigenvalue weighted by molar-refractivity contribution is 6.03. The lowest BCUT2D eigenvalue weighted by atomic mass is 9.84. The molecule has 1 aliphatic heterocycles. The summed E-state index contributed by atoms with van der Waals surface area (Å²) in [5, 5.41) is 6.15. The average molecular weight is 452 g/mol. The van der Waals surface area contributed by atoms with E-state index in [0.29, 0.717) is 19.6 Å². The summed E-state index contributed by atoms with van der Waals surface area (Å²) >= 11 is 0. The summed E-state index contributed by atoms with van der Waals surface area (Å²) in [7, 11) is 1.58. The summed E-state index contributed by atoms with van der Waals surface area (Å²) in [6.45, 7) is 2.72. The summed E-state index contributed by atoms with van der Waals surface area (Å²) in [4.78, 5) is 28.0. The highest BCUT2D eigenvalue weighted by Gasteiger charge is 2.36. The van der Waals surface area contributed by atoms with Crippen LogP contribution in [-0.4, -0.2) is 54.2 Å². The minimum Gasteiger partial charge on any atom is -0.383 e. The number of carbonyl (C=O) groups is 2. The van der Waals surface area contributed by atoms with Crippen LogP contribution in [0.2, 0.25) is 0 Å². The first-order chi connectivity index (χ1) is 16.0. The topological polar surface area (TPSA) is 62.2 Å². The highest BCUT2D eigenvalue weighted by atomic mass is 19.1. The lowest BCUT2D eigenvalue weighted by Gasteiger charge is -2.32. The molecule has 1 heterocycles. The van der Waals surface area contributed by atoms with Crippen LogP contribution in [0.25, 0.3) is 0 Å². The van der Waals surface area contributed by atoms with Crippen molar-refractivity contribution in [2.24, 2.45) is 11.0 Å². The normalized spacial score (nSPS) is 18.1. The fraction of sp³-hybridized carbons (Fsp3) is 0.423. The van der Waals surface area contributed by atoms with Crippen LogP contribution in [-0.2, 0) is 14.3 Å². The molecule has 0 saturated heterocycles. The van der Waals surface area contributed by atoms with E-state index < -0.39 is 0 Å². The fourth-order valence-corrected chi connectivity index (χ4v) is 4.22. The molecule has 6 nitrogen and oxygen atoms in total. The van der Waals surface area contributed by atoms with Gasteiger partial charge in [0, 0.05) is 26.0 Å². The summed E-state index contributed by atoms with van der Waals surface area (Å²) in [5.41, 5.74) is 3.61. The quantitative estimate of drug-likeness (QED) is 0.607. The number of aryl methyl sites for hydroxylation is 1. The number of hydrogen-bond acceptors (Lipinski definition) is 4. The molecule has 174 valence electrons. The lowest BCUT2D eigenvalue weighted by molar-refractivity contribution is -0.146. The number of ether oxygens (including phenoxy) is 1. The predicted molar refractivity (Wildman–Crippen MR) is 124 cm³/mol. The van der Waals surface area contributed by atoms with Gasteiger partial charge in [-0.25, -0.2) is 9.40 Å². The largest absolute Gasteiger partial charge is 0.383 e. The SMILES string of the molecule is COCCN(CC(=O)N1N=C(c2ccc(F)cc2)CC1c1ccc(C)cc1)C(=O)C1CCC1. The monoisotopic (exact) mass is 451 g/mol. The first-order valence-corrected chi connectivity index (χ1v) is 11.5. The number of methoxy groups -OCH3 is 1. The molecule has 2 amide bonds. The molecular formula is C26H30FN3O3. The molecular weight excluding hydrogens is 421 g/mol. The second-order valence-corrected chi connectivity index (χ2v) is 8.80. The Bertz CT molecular complexity index is 1020. The van der Waals surface area contributed by atoms with Gasteiger partial charge < -0.3 is 9.64 Å². The van der Waals surface area contributed by atoms with Gasteiger partial charge in [0.05, 0.1) is 18.4 Å². The predicted octanol–water partition coefficient (Wildman–Crippen LogP) is 4.09. The second kappa shape index (κ2) is 10.3. The number of carbonyl (C=O) groups excluding carboxylic acids is 2. The van der Waals surface area contributed by atoms with E-state index in [4.69, 9.17) is 4.74 Å². The van der Waals surface area contributed by atoms with E-state index in [0.717, 1.165) is 41.7 Å². The van der Waals surface area contributed by atoms with Crippen molar-refractivity contribution in [3.05, 3.63) is 71.0 Å². The van der Waals surface area contributed by atoms with E-state index in [9.17, 15) is 14.0 Å². The number of rotatable bonds is 8. The Hall–Kier alpha value is -3.06. The first kappa shape index (κ1) is 23.1. The number of nitrogens with zero attached hydrogens (tertiary/aromatic N) is 3. The van der Waals surface area contributed by atoms with Crippen molar-refractivity contribution in [1.29, 1.82) is 0 Å². The molecule has 1 fully saturated rings. The van der Waals surface area contributed by atoms with Gasteiger partial charge in [-0.1, -0.05) is 48.4 Å². The average Bonchev–Trinajstić information content (AvgIpc) is 3.22. The molecule has 2 aliphatic rings. The Morgan fingerprint density at radius 2 is 1.82 bits per heavy atom. The Morgan fingerprint density at radius 3 is 2.42 bits per heavy atom. The summed E-state index contributed by atoms with van der Waals surface area (Å²) < 4.78 is 18.6. The third-order valence-electron chi connectivity index (χ3n) is 6.46. The van der Waals surface area contributed by atoms with Crippen molar-refractivity contribution in [2.75, 3.05) is 26.8 Å². The number of benzene rings is 2. The van der Waals surface area contributed by atoms with Gasteiger partial charge in [-0.3, -0.25) is 9.59 Å². The van der Waals surface area contributed by atoms with Gasteiger partial charge in [0.25, 0.3) is 5.91 Å². The molecule has 1 saturated carbocycles. The standard InChI is InChI=1S/C26H30FN3O3/c1-18-6-8-20(9-7-18)24-16-23(19-10-12-22(27)13-11-19)28-30(24)25(31)17-29(14-15-33-2)26(32)21-4-3-5-21/h6-13,21,24H,3-5,14-17H2,1-2H3. The molecule has 0 aromatic heterocycles. The molecule has 2 aromatic rings. The van der Waals surface area contributed by atoms with Crippen molar-refractivity contribution < 1.29 is 18.7 Å². The number of amides is 2. The molecule has 0 N–H and O–H groups in total. The Morgan fingerprint density at radius 1 is 1.12 bits per heavy atom. The molecule has 4 rings (SSSR count). The summed E-state index contributed by atoms with van der Waals surface area (Å²) in [5.74, 6) is -0.537. The van der Waals surface area contributed by atoms with Crippen LogP contribution in [0.5, 0.6) is 0 Å². The zero-order valence-electron chi connectivity index (χ0n) is 19.2. The molecule has 1 aliphatic carbocycles. The number of halogens is 1. The van der Waals surface area contributed by atoms with Crippen LogP contribution in [0.1, 0.15) is 48.4 Å². The van der Waals surface area contributed by atoms with Gasteiger partial charge in [0.15, 0.2) is 0 Å². The Kier molecular flexibility index (Phi) is 7.18. The van der Waals surface area contributed by atoms with E-state index in [1.54, 1.807) is 24.1 Å². The highest BCUT2D eigenvalue weighted by Crippen LogP contribution is 2.34. The van der Waals surface area contributed by atoms with Crippen molar-refractivity contribution in [3.63, 3.8) is 0 Å². The molecule has 1 unspecified atom stereocenters. The van der Waals surface area contributed by atoms with Crippen LogP contribution in [0.15, 0.2) is 53.6 Å². The van der Waals surface area contributed by atoms with Crippen LogP contribution < -0.4 is 0 Å². The van der Waals surface area contributed by atoms with E-state index in [1.807, 2.05) is 31.2 Å². The fourth-order valence-electron chi connectivity index (χ4n) is 4.22. The summed E-state index contributed by atoms with van der Waals surface area (Å²) in [6, 6.07) is 13.9. The van der Waals surface area contributed by atoms with E-state index in [2.05, 4.69) is 5.10 Å². The number of hydrazone groups is 1. The molecule has 0 spiro atoms. The smallest absolute Gasteiger partial charge is 0.262 e. The Balaban J connectivity index is 1.59. The third kappa shape index (κ3) is 5.30. The number of hydrogen-bond donors (Lipinski definition) is 0. The maximum Gasteiger partial charge on any atom is 0.262 e. The molecule has 7 heteroatoms. The van der Waals surface area contributed by atoms with Gasteiger partial charge >= 0.3 is 0 Å². The molecule has 2 aromatic carbocycles. The zero-order chi connectivity index (χ0) is 23.4. The van der Waals surface area contributed by atoms with Gasteiger partial charge in [-0.15, -0.1) is 0 Å². The second-order valence-electron chi connectivity index (χ2n) is 8.80. The van der Waals surface area contributed by atoms with Gasteiger partial charge in [0.1, 0.15) is 12.4 Å². The maximum absolute atomic E-state index is 13.5. The third-order valence-corrected chi connectivity index (χ3v) is 6.46. The molecule has 0 bridgehead atoms. The Labute approximate surface area is 194 Å². The lowest BCUT2D eigenvalue weighted by Crippen LogP contribution is -2.46. The van der Waals surface area contributed by atoms with Crippen LogP contribution >= 0.6 is 0 Å². The minimum absolute atomic E-state index is 0.000549. The molecule has 33 heavy (non-hydrogen) atoms.